The van der Waals surface area contributed by atoms with Crippen molar-refractivity contribution in [1.29, 1.82) is 0 Å². The molecule has 0 aliphatic carbocycles. The van der Waals surface area contributed by atoms with Crippen LogP contribution in [0.3, 0.4) is 0 Å². The van der Waals surface area contributed by atoms with E-state index in [-0.39, 0.29) is 5.91 Å². The van der Waals surface area contributed by atoms with Crippen molar-refractivity contribution in [2.24, 2.45) is 11.7 Å². The van der Waals surface area contributed by atoms with Gasteiger partial charge in [0.1, 0.15) is 0 Å². The number of carbonyl (C=O) groups is 1. The number of aromatic nitrogens is 1. The fraction of sp³-hybridized carbons (Fsp3) is 0.667. The smallest absolute Gasteiger partial charge is 0.226 e. The Balaban J connectivity index is 2.25. The Labute approximate surface area is 107 Å². The molecule has 0 aromatic carbocycles. The van der Waals surface area contributed by atoms with Gasteiger partial charge in [0.25, 0.3) is 0 Å². The largest absolute Gasteiger partial charge is 0.330 e. The number of amides is 1. The third kappa shape index (κ3) is 5.79. The lowest BCUT2D eigenvalue weighted by molar-refractivity contribution is -0.116. The lowest BCUT2D eigenvalue weighted by Gasteiger charge is -2.14. The highest BCUT2D eigenvalue weighted by Crippen LogP contribution is 2.18. The molecule has 0 saturated carbocycles. The van der Waals surface area contributed by atoms with E-state index in [9.17, 15) is 4.79 Å². The van der Waals surface area contributed by atoms with Gasteiger partial charge in [0, 0.05) is 18.0 Å². The van der Waals surface area contributed by atoms with E-state index in [1.165, 1.54) is 11.3 Å². The number of rotatable bonds is 8. The minimum Gasteiger partial charge on any atom is -0.330 e. The molecule has 1 aromatic rings. The van der Waals surface area contributed by atoms with Gasteiger partial charge in [-0.1, -0.05) is 19.8 Å². The molecule has 1 amide bonds. The Kier molecular flexibility index (Phi) is 6.81. The topological polar surface area (TPSA) is 68.0 Å². The van der Waals surface area contributed by atoms with Crippen molar-refractivity contribution >= 4 is 22.4 Å². The van der Waals surface area contributed by atoms with Crippen LogP contribution in [0.4, 0.5) is 5.13 Å². The molecule has 0 saturated heterocycles. The number of anilines is 1. The van der Waals surface area contributed by atoms with Crippen LogP contribution in [-0.4, -0.2) is 17.4 Å². The first-order valence-electron chi connectivity index (χ1n) is 6.15. The number of hydrogen-bond acceptors (Lipinski definition) is 4. The Bertz CT molecular complexity index is 308. The van der Waals surface area contributed by atoms with Crippen molar-refractivity contribution in [3.05, 3.63) is 11.6 Å². The molecule has 1 atom stereocenters. The number of nitrogens with one attached hydrogen (secondary N) is 1. The van der Waals surface area contributed by atoms with Crippen LogP contribution in [0.5, 0.6) is 0 Å². The molecule has 0 fully saturated rings. The number of nitrogens with zero attached hydrogens (tertiary/aromatic N) is 1. The number of nitrogens with two attached hydrogens (primary N) is 1. The minimum atomic E-state index is 0.0538. The predicted molar refractivity (Wildman–Crippen MR) is 72.0 cm³/mol. The minimum absolute atomic E-state index is 0.0538. The number of carbonyl (C=O) groups excluding carboxylic acids is 1. The van der Waals surface area contributed by atoms with Gasteiger partial charge in [0.2, 0.25) is 5.91 Å². The quantitative estimate of drug-likeness (QED) is 0.750. The van der Waals surface area contributed by atoms with Gasteiger partial charge in [-0.25, -0.2) is 4.98 Å². The van der Waals surface area contributed by atoms with Crippen LogP contribution in [0.15, 0.2) is 11.6 Å². The molecule has 5 heteroatoms. The SMILES string of the molecule is CCCC(CCN)CCC(=O)Nc1nccs1. The van der Waals surface area contributed by atoms with E-state index < -0.39 is 0 Å². The summed E-state index contributed by atoms with van der Waals surface area (Å²) in [6.45, 7) is 2.87. The van der Waals surface area contributed by atoms with E-state index >= 15 is 0 Å². The maximum absolute atomic E-state index is 11.6. The van der Waals surface area contributed by atoms with Crippen molar-refractivity contribution in [1.82, 2.24) is 4.98 Å². The average molecular weight is 255 g/mol. The zero-order valence-electron chi connectivity index (χ0n) is 10.3. The standard InChI is InChI=1S/C12H21N3OS/c1-2-3-10(6-7-13)4-5-11(16)15-12-14-8-9-17-12/h8-10H,2-7,13H2,1H3,(H,14,15,16). The molecule has 1 unspecified atom stereocenters. The van der Waals surface area contributed by atoms with E-state index in [2.05, 4.69) is 17.2 Å². The molecule has 1 heterocycles. The van der Waals surface area contributed by atoms with Crippen LogP contribution in [0.2, 0.25) is 0 Å². The first-order chi connectivity index (χ1) is 8.26. The second-order valence-corrected chi connectivity index (χ2v) is 5.05. The highest BCUT2D eigenvalue weighted by atomic mass is 32.1. The fourth-order valence-corrected chi connectivity index (χ4v) is 2.42. The Morgan fingerprint density at radius 1 is 1.53 bits per heavy atom. The van der Waals surface area contributed by atoms with Crippen LogP contribution < -0.4 is 11.1 Å². The van der Waals surface area contributed by atoms with Crippen molar-refractivity contribution in [2.45, 2.75) is 39.0 Å². The summed E-state index contributed by atoms with van der Waals surface area (Å²) >= 11 is 1.44. The van der Waals surface area contributed by atoms with Crippen molar-refractivity contribution in [3.8, 4) is 0 Å². The van der Waals surface area contributed by atoms with Gasteiger partial charge in [-0.2, -0.15) is 0 Å². The van der Waals surface area contributed by atoms with Gasteiger partial charge < -0.3 is 11.1 Å². The monoisotopic (exact) mass is 255 g/mol. The molecule has 1 rings (SSSR count). The lowest BCUT2D eigenvalue weighted by Crippen LogP contribution is -2.15. The zero-order valence-corrected chi connectivity index (χ0v) is 11.1. The van der Waals surface area contributed by atoms with E-state index in [1.807, 2.05) is 5.38 Å². The van der Waals surface area contributed by atoms with Crippen molar-refractivity contribution in [3.63, 3.8) is 0 Å². The molecular weight excluding hydrogens is 234 g/mol. The molecule has 0 radical (unpaired) electrons. The van der Waals surface area contributed by atoms with Crippen LogP contribution in [0.1, 0.15) is 39.0 Å². The molecule has 0 aliphatic heterocycles. The summed E-state index contributed by atoms with van der Waals surface area (Å²) in [5.41, 5.74) is 5.57. The summed E-state index contributed by atoms with van der Waals surface area (Å²) in [5.74, 6) is 0.630. The van der Waals surface area contributed by atoms with Crippen LogP contribution in [0, 0.1) is 5.92 Å². The third-order valence-electron chi connectivity index (χ3n) is 2.73. The summed E-state index contributed by atoms with van der Waals surface area (Å²) in [7, 11) is 0. The number of hydrogen-bond donors (Lipinski definition) is 2. The fourth-order valence-electron chi connectivity index (χ4n) is 1.88. The van der Waals surface area contributed by atoms with Crippen molar-refractivity contribution < 1.29 is 4.79 Å². The van der Waals surface area contributed by atoms with E-state index in [1.54, 1.807) is 6.20 Å². The van der Waals surface area contributed by atoms with Crippen LogP contribution in [0.25, 0.3) is 0 Å². The van der Waals surface area contributed by atoms with Gasteiger partial charge in [-0.15, -0.1) is 11.3 Å². The normalized spacial score (nSPS) is 12.4. The average Bonchev–Trinajstić information content (AvgIpc) is 2.79. The first kappa shape index (κ1) is 14.1. The maximum atomic E-state index is 11.6. The van der Waals surface area contributed by atoms with Gasteiger partial charge >= 0.3 is 0 Å². The summed E-state index contributed by atoms with van der Waals surface area (Å²) in [4.78, 5) is 15.7. The second kappa shape index (κ2) is 8.20. The second-order valence-electron chi connectivity index (χ2n) is 4.16. The van der Waals surface area contributed by atoms with E-state index in [4.69, 9.17) is 5.73 Å². The summed E-state index contributed by atoms with van der Waals surface area (Å²) in [6.07, 6.45) is 6.49. The van der Waals surface area contributed by atoms with Gasteiger partial charge in [-0.3, -0.25) is 4.79 Å². The Morgan fingerprint density at radius 3 is 2.94 bits per heavy atom. The van der Waals surface area contributed by atoms with Crippen LogP contribution >= 0.6 is 11.3 Å². The molecule has 0 bridgehead atoms. The molecule has 17 heavy (non-hydrogen) atoms. The molecule has 0 aliphatic rings. The summed E-state index contributed by atoms with van der Waals surface area (Å²) in [5, 5.41) is 5.33. The maximum Gasteiger partial charge on any atom is 0.226 e. The van der Waals surface area contributed by atoms with E-state index in [0.29, 0.717) is 24.0 Å². The molecular formula is C12H21N3OS. The molecule has 96 valence electrons. The summed E-state index contributed by atoms with van der Waals surface area (Å²) < 4.78 is 0. The molecule has 4 nitrogen and oxygen atoms in total. The van der Waals surface area contributed by atoms with Gasteiger partial charge in [-0.05, 0) is 25.3 Å². The zero-order chi connectivity index (χ0) is 12.5. The van der Waals surface area contributed by atoms with Crippen molar-refractivity contribution in [2.75, 3.05) is 11.9 Å². The highest BCUT2D eigenvalue weighted by molar-refractivity contribution is 7.13. The lowest BCUT2D eigenvalue weighted by atomic mass is 9.94. The highest BCUT2D eigenvalue weighted by Gasteiger charge is 2.10. The summed E-state index contributed by atoms with van der Waals surface area (Å²) in [6, 6.07) is 0. The van der Waals surface area contributed by atoms with E-state index in [0.717, 1.165) is 25.7 Å². The Morgan fingerprint density at radius 2 is 2.35 bits per heavy atom. The molecule has 1 aromatic heterocycles. The van der Waals surface area contributed by atoms with Gasteiger partial charge in [0.15, 0.2) is 5.13 Å². The van der Waals surface area contributed by atoms with Gasteiger partial charge in [0.05, 0.1) is 0 Å². The molecule has 3 N–H and O–H groups in total. The predicted octanol–water partition coefficient (Wildman–Crippen LogP) is 2.63. The molecule has 0 spiro atoms. The third-order valence-corrected chi connectivity index (χ3v) is 3.42. The Hall–Kier alpha value is -0.940. The van der Waals surface area contributed by atoms with Crippen LogP contribution in [-0.2, 0) is 4.79 Å². The first-order valence-corrected chi connectivity index (χ1v) is 7.03. The number of thiazole rings is 1.